The molecule has 11 heteroatoms. The normalized spacial score (nSPS) is 14.9. The van der Waals surface area contributed by atoms with Gasteiger partial charge in [0.1, 0.15) is 17.3 Å². The fourth-order valence-corrected chi connectivity index (χ4v) is 6.45. The van der Waals surface area contributed by atoms with Gasteiger partial charge in [0.25, 0.3) is 5.91 Å². The first-order valence-corrected chi connectivity index (χ1v) is 14.6. The zero-order valence-corrected chi connectivity index (χ0v) is 22.1. The Bertz CT molecular complexity index is 1410. The molecule has 1 saturated heterocycles. The number of para-hydroxylation sites is 1. The van der Waals surface area contributed by atoms with Crippen molar-refractivity contribution in [2.75, 3.05) is 49.2 Å². The second-order valence-corrected chi connectivity index (χ2v) is 11.5. The summed E-state index contributed by atoms with van der Waals surface area (Å²) >= 11 is 1.30. The quantitative estimate of drug-likeness (QED) is 0.443. The molecule has 36 heavy (non-hydrogen) atoms. The van der Waals surface area contributed by atoms with Crippen LogP contribution in [0.3, 0.4) is 0 Å². The van der Waals surface area contributed by atoms with Crippen LogP contribution in [0.4, 0.5) is 5.69 Å². The third kappa shape index (κ3) is 6.14. The Morgan fingerprint density at radius 2 is 1.72 bits per heavy atom. The molecule has 4 rings (SSSR count). The number of aryl methyl sites for hydroxylation is 1. The summed E-state index contributed by atoms with van der Waals surface area (Å²) < 4.78 is 33.6. The van der Waals surface area contributed by atoms with E-state index >= 15 is 0 Å². The van der Waals surface area contributed by atoms with E-state index in [-0.39, 0.29) is 0 Å². The molecule has 1 aliphatic heterocycles. The van der Waals surface area contributed by atoms with Gasteiger partial charge in [0.2, 0.25) is 5.91 Å². The highest BCUT2D eigenvalue weighted by Crippen LogP contribution is 2.23. The van der Waals surface area contributed by atoms with Gasteiger partial charge in [0, 0.05) is 38.4 Å². The van der Waals surface area contributed by atoms with Gasteiger partial charge < -0.3 is 19.1 Å². The van der Waals surface area contributed by atoms with E-state index in [1.54, 1.807) is 4.90 Å². The summed E-state index contributed by atoms with van der Waals surface area (Å²) in [5, 5.41) is 0. The van der Waals surface area contributed by atoms with E-state index in [9.17, 15) is 18.0 Å². The molecule has 2 heterocycles. The lowest BCUT2D eigenvalue weighted by Gasteiger charge is -2.36. The summed E-state index contributed by atoms with van der Waals surface area (Å²) in [5.74, 6) is -2.04. The first-order chi connectivity index (χ1) is 17.3. The zero-order valence-electron chi connectivity index (χ0n) is 20.4. The molecule has 0 N–H and O–H groups in total. The Morgan fingerprint density at radius 1 is 1.00 bits per heavy atom. The van der Waals surface area contributed by atoms with Crippen molar-refractivity contribution in [3.8, 4) is 5.75 Å². The van der Waals surface area contributed by atoms with Crippen molar-refractivity contribution in [3.05, 3.63) is 53.3 Å². The van der Waals surface area contributed by atoms with Crippen molar-refractivity contribution in [1.29, 1.82) is 0 Å². The summed E-state index contributed by atoms with van der Waals surface area (Å²) in [6.07, 6.45) is 0. The highest BCUT2D eigenvalue weighted by Gasteiger charge is 2.27. The SMILES string of the molecule is CCOc1ccc2c(c1)sc(=NC(=O)CS(=O)(=O)CC(=O)N1CCN(c3ccccc3)CC1)n2CC. The number of amides is 2. The minimum Gasteiger partial charge on any atom is -0.494 e. The summed E-state index contributed by atoms with van der Waals surface area (Å²) in [6, 6.07) is 15.5. The number of aromatic nitrogens is 1. The Kier molecular flexibility index (Phi) is 8.10. The number of nitrogens with zero attached hydrogens (tertiary/aromatic N) is 4. The van der Waals surface area contributed by atoms with Crippen LogP contribution in [0.1, 0.15) is 13.8 Å². The number of ether oxygens (including phenoxy) is 1. The van der Waals surface area contributed by atoms with Gasteiger partial charge in [-0.1, -0.05) is 29.5 Å². The van der Waals surface area contributed by atoms with Crippen LogP contribution in [0.5, 0.6) is 5.75 Å². The van der Waals surface area contributed by atoms with Gasteiger partial charge in [-0.2, -0.15) is 4.99 Å². The van der Waals surface area contributed by atoms with Gasteiger partial charge in [-0.15, -0.1) is 0 Å². The molecule has 0 atom stereocenters. The Morgan fingerprint density at radius 3 is 2.39 bits per heavy atom. The fraction of sp³-hybridized carbons (Fsp3) is 0.400. The van der Waals surface area contributed by atoms with Crippen LogP contribution in [-0.2, 0) is 26.0 Å². The number of piperazine rings is 1. The van der Waals surface area contributed by atoms with Crippen LogP contribution in [0, 0.1) is 0 Å². The average Bonchev–Trinajstić information content (AvgIpc) is 3.20. The van der Waals surface area contributed by atoms with E-state index in [0.29, 0.717) is 44.1 Å². The lowest BCUT2D eigenvalue weighted by atomic mass is 10.2. The van der Waals surface area contributed by atoms with E-state index in [4.69, 9.17) is 4.74 Å². The summed E-state index contributed by atoms with van der Waals surface area (Å²) in [7, 11) is -3.95. The van der Waals surface area contributed by atoms with Crippen molar-refractivity contribution in [3.63, 3.8) is 0 Å². The lowest BCUT2D eigenvalue weighted by molar-refractivity contribution is -0.128. The number of carbonyl (C=O) groups excluding carboxylic acids is 2. The minimum absolute atomic E-state index is 0.421. The molecule has 0 aliphatic carbocycles. The number of hydrogen-bond donors (Lipinski definition) is 0. The molecular weight excluding hydrogens is 500 g/mol. The highest BCUT2D eigenvalue weighted by atomic mass is 32.2. The molecule has 0 bridgehead atoms. The Labute approximate surface area is 214 Å². The molecule has 3 aromatic rings. The number of hydrogen-bond acceptors (Lipinski definition) is 7. The van der Waals surface area contributed by atoms with E-state index < -0.39 is 33.2 Å². The smallest absolute Gasteiger partial charge is 0.263 e. The van der Waals surface area contributed by atoms with Gasteiger partial charge in [-0.3, -0.25) is 9.59 Å². The van der Waals surface area contributed by atoms with Gasteiger partial charge in [-0.25, -0.2) is 8.42 Å². The van der Waals surface area contributed by atoms with Crippen molar-refractivity contribution in [1.82, 2.24) is 9.47 Å². The van der Waals surface area contributed by atoms with Crippen molar-refractivity contribution >= 4 is 48.9 Å². The van der Waals surface area contributed by atoms with Crippen LogP contribution in [0.25, 0.3) is 10.2 Å². The average molecular weight is 531 g/mol. The second kappa shape index (κ2) is 11.3. The van der Waals surface area contributed by atoms with Crippen LogP contribution in [-0.4, -0.2) is 74.0 Å². The van der Waals surface area contributed by atoms with E-state index in [1.165, 1.54) is 11.3 Å². The molecule has 0 spiro atoms. The number of anilines is 1. The monoisotopic (exact) mass is 530 g/mol. The first kappa shape index (κ1) is 25.9. The summed E-state index contributed by atoms with van der Waals surface area (Å²) in [5.41, 5.74) is 1.97. The van der Waals surface area contributed by atoms with Crippen molar-refractivity contribution in [2.24, 2.45) is 4.99 Å². The molecule has 0 saturated carbocycles. The Balaban J connectivity index is 1.40. The van der Waals surface area contributed by atoms with Gasteiger partial charge in [-0.05, 0) is 44.2 Å². The minimum atomic E-state index is -3.95. The lowest BCUT2D eigenvalue weighted by Crippen LogP contribution is -2.50. The molecule has 1 aliphatic rings. The molecule has 0 radical (unpaired) electrons. The number of fused-ring (bicyclic) bond motifs is 1. The van der Waals surface area contributed by atoms with Gasteiger partial charge >= 0.3 is 0 Å². The number of carbonyl (C=O) groups is 2. The number of thiazole rings is 1. The summed E-state index contributed by atoms with van der Waals surface area (Å²) in [4.78, 5) is 33.5. The molecular formula is C25H30N4O5S2. The molecule has 9 nitrogen and oxygen atoms in total. The van der Waals surface area contributed by atoms with Crippen molar-refractivity contribution < 1.29 is 22.7 Å². The predicted molar refractivity (Wildman–Crippen MR) is 141 cm³/mol. The van der Waals surface area contributed by atoms with Crippen molar-refractivity contribution in [2.45, 2.75) is 20.4 Å². The van der Waals surface area contributed by atoms with Gasteiger partial charge in [0.15, 0.2) is 14.6 Å². The van der Waals surface area contributed by atoms with Crippen LogP contribution >= 0.6 is 11.3 Å². The highest BCUT2D eigenvalue weighted by molar-refractivity contribution is 7.92. The molecule has 1 aromatic heterocycles. The third-order valence-electron chi connectivity index (χ3n) is 5.94. The molecule has 0 unspecified atom stereocenters. The maximum atomic E-state index is 12.7. The zero-order chi connectivity index (χ0) is 25.7. The third-order valence-corrected chi connectivity index (χ3v) is 8.36. The Hall–Kier alpha value is -3.18. The second-order valence-electron chi connectivity index (χ2n) is 8.43. The topological polar surface area (TPSA) is 101 Å². The summed E-state index contributed by atoms with van der Waals surface area (Å²) in [6.45, 7) is 7.06. The molecule has 2 aromatic carbocycles. The number of rotatable bonds is 8. The van der Waals surface area contributed by atoms with Crippen LogP contribution in [0.2, 0.25) is 0 Å². The van der Waals surface area contributed by atoms with E-state index in [1.807, 2.05) is 66.9 Å². The maximum absolute atomic E-state index is 12.7. The maximum Gasteiger partial charge on any atom is 0.263 e. The first-order valence-electron chi connectivity index (χ1n) is 11.9. The standard InChI is InChI=1S/C25H30N4O5S2/c1-3-29-21-11-10-20(34-4-2)16-22(21)35-25(29)26-23(30)17-36(32,33)18-24(31)28-14-12-27(13-15-28)19-8-6-5-7-9-19/h5-11,16H,3-4,12-15,17-18H2,1-2H3. The number of sulfone groups is 1. The molecule has 1 fully saturated rings. The number of benzene rings is 2. The predicted octanol–water partition coefficient (Wildman–Crippen LogP) is 2.31. The molecule has 2 amide bonds. The molecule has 192 valence electrons. The largest absolute Gasteiger partial charge is 0.494 e. The van der Waals surface area contributed by atoms with E-state index in [0.717, 1.165) is 21.7 Å². The fourth-order valence-electron chi connectivity index (χ4n) is 4.21. The van der Waals surface area contributed by atoms with Gasteiger partial charge in [0.05, 0.1) is 16.8 Å². The van der Waals surface area contributed by atoms with E-state index in [2.05, 4.69) is 9.89 Å². The van der Waals surface area contributed by atoms with Crippen LogP contribution < -0.4 is 14.4 Å². The van der Waals surface area contributed by atoms with Crippen LogP contribution in [0.15, 0.2) is 53.5 Å².